The third kappa shape index (κ3) is 3.76. The van der Waals surface area contributed by atoms with Crippen molar-refractivity contribution in [1.29, 1.82) is 0 Å². The monoisotopic (exact) mass is 289 g/mol. The van der Waals surface area contributed by atoms with E-state index < -0.39 is 0 Å². The van der Waals surface area contributed by atoms with E-state index in [9.17, 15) is 4.79 Å². The Hall–Kier alpha value is -1.55. The zero-order chi connectivity index (χ0) is 15.5. The fourth-order valence-electron chi connectivity index (χ4n) is 2.81. The lowest BCUT2D eigenvalue weighted by Crippen LogP contribution is -2.44. The van der Waals surface area contributed by atoms with Gasteiger partial charge in [-0.25, -0.2) is 0 Å². The molecule has 1 aromatic carbocycles. The lowest BCUT2D eigenvalue weighted by atomic mass is 9.74. The number of hydrogen-bond acceptors (Lipinski definition) is 3. The number of benzene rings is 1. The molecule has 4 nitrogen and oxygen atoms in total. The Balaban J connectivity index is 2.07. The summed E-state index contributed by atoms with van der Waals surface area (Å²) in [7, 11) is 4.00. The molecule has 1 saturated heterocycles. The number of rotatable bonds is 4. The van der Waals surface area contributed by atoms with Gasteiger partial charge in [0.25, 0.3) is 0 Å². The minimum atomic E-state index is -0.360. The Morgan fingerprint density at radius 3 is 2.76 bits per heavy atom. The Bertz CT molecular complexity index is 491. The van der Waals surface area contributed by atoms with Gasteiger partial charge < -0.3 is 15.5 Å². The Kier molecular flexibility index (Phi) is 4.88. The second-order valence-corrected chi connectivity index (χ2v) is 6.66. The molecule has 2 rings (SSSR count). The SMILES string of the molecule is CN(C)c1cccc(NC(=O)C(C)(C)C2CCCNC2)c1. The number of hydrogen-bond donors (Lipinski definition) is 2. The second-order valence-electron chi connectivity index (χ2n) is 6.66. The van der Waals surface area contributed by atoms with Crippen LogP contribution >= 0.6 is 0 Å². The molecule has 1 aliphatic rings. The third-order valence-corrected chi connectivity index (χ3v) is 4.52. The van der Waals surface area contributed by atoms with Gasteiger partial charge in [-0.05, 0) is 50.0 Å². The van der Waals surface area contributed by atoms with Crippen LogP contribution in [0.2, 0.25) is 0 Å². The summed E-state index contributed by atoms with van der Waals surface area (Å²) in [4.78, 5) is 14.7. The highest BCUT2D eigenvalue weighted by molar-refractivity contribution is 5.95. The molecule has 116 valence electrons. The standard InChI is InChI=1S/C17H27N3O/c1-17(2,13-7-6-10-18-12-13)16(21)19-14-8-5-9-15(11-14)20(3)4/h5,8-9,11,13,18H,6-7,10,12H2,1-4H3,(H,19,21). The van der Waals surface area contributed by atoms with Crippen LogP contribution in [0.3, 0.4) is 0 Å². The number of nitrogens with one attached hydrogen (secondary N) is 2. The first kappa shape index (κ1) is 15.8. The average Bonchev–Trinajstić information content (AvgIpc) is 2.48. The smallest absolute Gasteiger partial charge is 0.230 e. The highest BCUT2D eigenvalue weighted by Crippen LogP contribution is 2.33. The van der Waals surface area contributed by atoms with Gasteiger partial charge in [0.15, 0.2) is 0 Å². The first-order valence-corrected chi connectivity index (χ1v) is 7.71. The summed E-state index contributed by atoms with van der Waals surface area (Å²) in [6.45, 7) is 6.10. The van der Waals surface area contributed by atoms with Gasteiger partial charge in [-0.2, -0.15) is 0 Å². The largest absolute Gasteiger partial charge is 0.378 e. The molecule has 0 saturated carbocycles. The molecule has 0 spiro atoms. The minimum absolute atomic E-state index is 0.104. The molecular weight excluding hydrogens is 262 g/mol. The fourth-order valence-corrected chi connectivity index (χ4v) is 2.81. The van der Waals surface area contributed by atoms with Crippen molar-refractivity contribution >= 4 is 17.3 Å². The molecule has 0 aromatic heterocycles. The fraction of sp³-hybridized carbons (Fsp3) is 0.588. The summed E-state index contributed by atoms with van der Waals surface area (Å²) >= 11 is 0. The summed E-state index contributed by atoms with van der Waals surface area (Å²) in [6.07, 6.45) is 2.27. The zero-order valence-corrected chi connectivity index (χ0v) is 13.6. The topological polar surface area (TPSA) is 44.4 Å². The lowest BCUT2D eigenvalue weighted by Gasteiger charge is -2.36. The van der Waals surface area contributed by atoms with Gasteiger partial charge in [0.1, 0.15) is 0 Å². The van der Waals surface area contributed by atoms with Gasteiger partial charge in [0.2, 0.25) is 5.91 Å². The molecule has 1 fully saturated rings. The number of carbonyl (C=O) groups is 1. The molecule has 2 N–H and O–H groups in total. The number of amides is 1. The molecule has 1 amide bonds. The van der Waals surface area contributed by atoms with E-state index in [0.717, 1.165) is 37.3 Å². The predicted octanol–water partition coefficient (Wildman–Crippen LogP) is 2.72. The molecule has 4 heteroatoms. The van der Waals surface area contributed by atoms with Gasteiger partial charge in [-0.3, -0.25) is 4.79 Å². The highest BCUT2D eigenvalue weighted by Gasteiger charge is 2.37. The van der Waals surface area contributed by atoms with E-state index in [0.29, 0.717) is 5.92 Å². The summed E-state index contributed by atoms with van der Waals surface area (Å²) in [5.74, 6) is 0.496. The van der Waals surface area contributed by atoms with Crippen LogP contribution < -0.4 is 15.5 Å². The van der Waals surface area contributed by atoms with Crippen molar-refractivity contribution in [2.75, 3.05) is 37.4 Å². The number of piperidine rings is 1. The minimum Gasteiger partial charge on any atom is -0.378 e. The number of nitrogens with zero attached hydrogens (tertiary/aromatic N) is 1. The van der Waals surface area contributed by atoms with E-state index in [2.05, 4.69) is 24.5 Å². The van der Waals surface area contributed by atoms with Gasteiger partial charge >= 0.3 is 0 Å². The lowest BCUT2D eigenvalue weighted by molar-refractivity contribution is -0.127. The summed E-state index contributed by atoms with van der Waals surface area (Å²) in [5.41, 5.74) is 1.59. The van der Waals surface area contributed by atoms with Gasteiger partial charge in [0, 0.05) is 30.9 Å². The summed E-state index contributed by atoms with van der Waals surface area (Å²) in [5, 5.41) is 6.48. The van der Waals surface area contributed by atoms with E-state index in [4.69, 9.17) is 0 Å². The molecule has 21 heavy (non-hydrogen) atoms. The molecule has 1 unspecified atom stereocenters. The van der Waals surface area contributed by atoms with Crippen molar-refractivity contribution in [2.45, 2.75) is 26.7 Å². The van der Waals surface area contributed by atoms with E-state index in [1.54, 1.807) is 0 Å². The van der Waals surface area contributed by atoms with E-state index in [1.165, 1.54) is 0 Å². The van der Waals surface area contributed by atoms with Gasteiger partial charge in [-0.15, -0.1) is 0 Å². The number of anilines is 2. The first-order valence-electron chi connectivity index (χ1n) is 7.71. The Labute approximate surface area is 127 Å². The van der Waals surface area contributed by atoms with Crippen molar-refractivity contribution in [1.82, 2.24) is 5.32 Å². The first-order chi connectivity index (χ1) is 9.91. The molecule has 1 aromatic rings. The molecule has 1 heterocycles. The van der Waals surface area contributed by atoms with Gasteiger partial charge in [0.05, 0.1) is 0 Å². The average molecular weight is 289 g/mol. The van der Waals surface area contributed by atoms with E-state index >= 15 is 0 Å². The maximum atomic E-state index is 12.7. The summed E-state index contributed by atoms with van der Waals surface area (Å²) < 4.78 is 0. The maximum absolute atomic E-state index is 12.7. The van der Waals surface area contributed by atoms with Crippen LogP contribution in [0.1, 0.15) is 26.7 Å². The summed E-state index contributed by atoms with van der Waals surface area (Å²) in [6, 6.07) is 7.96. The molecule has 1 aliphatic heterocycles. The van der Waals surface area contributed by atoms with Crippen molar-refractivity contribution in [3.8, 4) is 0 Å². The Morgan fingerprint density at radius 2 is 2.14 bits per heavy atom. The highest BCUT2D eigenvalue weighted by atomic mass is 16.2. The quantitative estimate of drug-likeness (QED) is 0.896. The van der Waals surface area contributed by atoms with Crippen LogP contribution in [-0.2, 0) is 4.79 Å². The normalized spacial score (nSPS) is 19.1. The van der Waals surface area contributed by atoms with Crippen LogP contribution in [-0.4, -0.2) is 33.1 Å². The molecule has 1 atom stereocenters. The molecule has 0 aliphatic carbocycles. The van der Waals surface area contributed by atoms with Gasteiger partial charge in [-0.1, -0.05) is 19.9 Å². The van der Waals surface area contributed by atoms with Crippen LogP contribution in [0.25, 0.3) is 0 Å². The van der Waals surface area contributed by atoms with Crippen LogP contribution in [0.4, 0.5) is 11.4 Å². The van der Waals surface area contributed by atoms with E-state index in [1.807, 2.05) is 43.3 Å². The number of carbonyl (C=O) groups excluding carboxylic acids is 1. The zero-order valence-electron chi connectivity index (χ0n) is 13.6. The van der Waals surface area contributed by atoms with Crippen molar-refractivity contribution in [3.63, 3.8) is 0 Å². The molecule has 0 bridgehead atoms. The van der Waals surface area contributed by atoms with Crippen molar-refractivity contribution in [2.24, 2.45) is 11.3 Å². The van der Waals surface area contributed by atoms with Crippen molar-refractivity contribution in [3.05, 3.63) is 24.3 Å². The molecular formula is C17H27N3O. The van der Waals surface area contributed by atoms with Crippen LogP contribution in [0.5, 0.6) is 0 Å². The Morgan fingerprint density at radius 1 is 1.38 bits per heavy atom. The van der Waals surface area contributed by atoms with E-state index in [-0.39, 0.29) is 11.3 Å². The third-order valence-electron chi connectivity index (χ3n) is 4.52. The van der Waals surface area contributed by atoms with Crippen LogP contribution in [0.15, 0.2) is 24.3 Å². The van der Waals surface area contributed by atoms with Crippen LogP contribution in [0, 0.1) is 11.3 Å². The molecule has 0 radical (unpaired) electrons. The van der Waals surface area contributed by atoms with Crippen molar-refractivity contribution < 1.29 is 4.79 Å². The predicted molar refractivity (Wildman–Crippen MR) is 88.8 cm³/mol. The second kappa shape index (κ2) is 6.48. The maximum Gasteiger partial charge on any atom is 0.230 e.